The molecule has 0 aliphatic carbocycles. The zero-order valence-corrected chi connectivity index (χ0v) is 18.3. The summed E-state index contributed by atoms with van der Waals surface area (Å²) < 4.78 is 10.0. The van der Waals surface area contributed by atoms with Gasteiger partial charge in [0.05, 0.1) is 13.7 Å². The van der Waals surface area contributed by atoms with E-state index in [1.54, 1.807) is 4.90 Å². The van der Waals surface area contributed by atoms with Gasteiger partial charge in [-0.1, -0.05) is 45.9 Å². The van der Waals surface area contributed by atoms with Gasteiger partial charge in [0.2, 0.25) is 5.89 Å². The topological polar surface area (TPSA) is 84.7 Å². The summed E-state index contributed by atoms with van der Waals surface area (Å²) >= 11 is 0. The van der Waals surface area contributed by atoms with E-state index in [0.717, 1.165) is 16.8 Å². The molecule has 0 atom stereocenters. The molecule has 2 rings (SSSR count). The van der Waals surface area contributed by atoms with Crippen molar-refractivity contribution in [3.8, 4) is 0 Å². The van der Waals surface area contributed by atoms with Crippen molar-refractivity contribution >= 4 is 17.7 Å². The molecule has 158 valence electrons. The van der Waals surface area contributed by atoms with Crippen LogP contribution < -0.4 is 5.32 Å². The number of benzene rings is 1. The molecule has 0 fully saturated rings. The van der Waals surface area contributed by atoms with Crippen molar-refractivity contribution in [1.29, 1.82) is 0 Å². The number of urea groups is 1. The van der Waals surface area contributed by atoms with Crippen LogP contribution in [0.3, 0.4) is 0 Å². The molecular formula is C22H31N3O4. The number of hydrogen-bond acceptors (Lipinski definition) is 5. The van der Waals surface area contributed by atoms with E-state index in [-0.39, 0.29) is 42.0 Å². The van der Waals surface area contributed by atoms with Gasteiger partial charge in [-0.3, -0.25) is 0 Å². The maximum Gasteiger partial charge on any atom is 0.360 e. The van der Waals surface area contributed by atoms with Gasteiger partial charge in [-0.15, -0.1) is 0 Å². The second kappa shape index (κ2) is 9.58. The van der Waals surface area contributed by atoms with Crippen LogP contribution in [-0.4, -0.2) is 35.0 Å². The van der Waals surface area contributed by atoms with E-state index in [1.165, 1.54) is 13.4 Å². The Morgan fingerprint density at radius 3 is 2.17 bits per heavy atom. The Labute approximate surface area is 172 Å². The van der Waals surface area contributed by atoms with Crippen LogP contribution in [-0.2, 0) is 11.3 Å². The molecule has 7 heteroatoms. The van der Waals surface area contributed by atoms with E-state index in [4.69, 9.17) is 4.42 Å². The molecular weight excluding hydrogens is 370 g/mol. The number of carbonyl (C=O) groups excluding carboxylic acids is 2. The first kappa shape index (κ1) is 22.5. The van der Waals surface area contributed by atoms with Gasteiger partial charge in [-0.25, -0.2) is 14.6 Å². The quantitative estimate of drug-likeness (QED) is 0.649. The van der Waals surface area contributed by atoms with Crippen molar-refractivity contribution < 1.29 is 18.7 Å². The van der Waals surface area contributed by atoms with Gasteiger partial charge in [-0.05, 0) is 36.8 Å². The van der Waals surface area contributed by atoms with Crippen molar-refractivity contribution in [2.75, 3.05) is 12.4 Å². The molecule has 2 amide bonds. The molecule has 0 saturated carbocycles. The predicted octanol–water partition coefficient (Wildman–Crippen LogP) is 5.15. The molecule has 1 aromatic heterocycles. The highest BCUT2D eigenvalue weighted by Crippen LogP contribution is 2.32. The van der Waals surface area contributed by atoms with E-state index in [1.807, 2.05) is 32.0 Å². The van der Waals surface area contributed by atoms with Crippen LogP contribution in [0.5, 0.6) is 0 Å². The van der Waals surface area contributed by atoms with Gasteiger partial charge in [0, 0.05) is 11.7 Å². The Morgan fingerprint density at radius 1 is 1.10 bits per heavy atom. The second-order valence-corrected chi connectivity index (χ2v) is 7.89. The lowest BCUT2D eigenvalue weighted by molar-refractivity contribution is 0.0594. The first-order valence-corrected chi connectivity index (χ1v) is 9.88. The Morgan fingerprint density at radius 2 is 1.69 bits per heavy atom. The SMILES string of the molecule is COC(=O)c1coc(CN(C(=O)Nc2c(C(C)C)cccc2C(C)C)C(C)C)n1. The third-order valence-corrected chi connectivity index (χ3v) is 4.74. The Kier molecular flexibility index (Phi) is 7.42. The number of oxazole rings is 1. The van der Waals surface area contributed by atoms with E-state index in [2.05, 4.69) is 42.7 Å². The number of ether oxygens (including phenoxy) is 1. The number of rotatable bonds is 7. The summed E-state index contributed by atoms with van der Waals surface area (Å²) in [6.07, 6.45) is 1.24. The van der Waals surface area contributed by atoms with Gasteiger partial charge in [0.15, 0.2) is 5.69 Å². The molecule has 2 aromatic rings. The number of hydrogen-bond donors (Lipinski definition) is 1. The molecule has 0 aliphatic rings. The molecule has 1 N–H and O–H groups in total. The smallest absolute Gasteiger partial charge is 0.360 e. The molecule has 0 bridgehead atoms. The first-order chi connectivity index (χ1) is 13.6. The lowest BCUT2D eigenvalue weighted by Gasteiger charge is -2.28. The van der Waals surface area contributed by atoms with Crippen molar-refractivity contribution in [3.05, 3.63) is 47.2 Å². The van der Waals surface area contributed by atoms with E-state index < -0.39 is 5.97 Å². The first-order valence-electron chi connectivity index (χ1n) is 9.88. The number of methoxy groups -OCH3 is 1. The summed E-state index contributed by atoms with van der Waals surface area (Å²) in [7, 11) is 1.28. The highest BCUT2D eigenvalue weighted by Gasteiger charge is 2.24. The number of anilines is 1. The zero-order chi connectivity index (χ0) is 21.7. The summed E-state index contributed by atoms with van der Waals surface area (Å²) in [5, 5.41) is 3.11. The van der Waals surface area contributed by atoms with Gasteiger partial charge in [-0.2, -0.15) is 0 Å². The average Bonchev–Trinajstić information content (AvgIpc) is 3.13. The van der Waals surface area contributed by atoms with Crippen LogP contribution in [0.25, 0.3) is 0 Å². The minimum atomic E-state index is -0.576. The third kappa shape index (κ3) is 5.37. The Bertz CT molecular complexity index is 829. The molecule has 1 heterocycles. The van der Waals surface area contributed by atoms with Crippen molar-refractivity contribution in [2.24, 2.45) is 0 Å². The molecule has 0 unspecified atom stereocenters. The second-order valence-electron chi connectivity index (χ2n) is 7.89. The van der Waals surface area contributed by atoms with Gasteiger partial charge >= 0.3 is 12.0 Å². The fourth-order valence-corrected chi connectivity index (χ4v) is 3.09. The van der Waals surface area contributed by atoms with Crippen LogP contribution in [0.15, 0.2) is 28.9 Å². The number of carbonyl (C=O) groups is 2. The number of nitrogens with one attached hydrogen (secondary N) is 1. The van der Waals surface area contributed by atoms with Crippen LogP contribution in [0, 0.1) is 0 Å². The summed E-state index contributed by atoms with van der Waals surface area (Å²) in [5.41, 5.74) is 3.13. The molecule has 29 heavy (non-hydrogen) atoms. The maximum atomic E-state index is 13.2. The molecule has 0 spiro atoms. The largest absolute Gasteiger partial charge is 0.464 e. The van der Waals surface area contributed by atoms with Crippen molar-refractivity contribution in [2.45, 2.75) is 66.0 Å². The number of aromatic nitrogens is 1. The van der Waals surface area contributed by atoms with Crippen LogP contribution in [0.4, 0.5) is 10.5 Å². The Balaban J connectivity index is 2.29. The fourth-order valence-electron chi connectivity index (χ4n) is 3.09. The lowest BCUT2D eigenvalue weighted by atomic mass is 9.93. The van der Waals surface area contributed by atoms with Gasteiger partial charge < -0.3 is 19.4 Å². The number of esters is 1. The molecule has 0 aliphatic heterocycles. The molecule has 1 aromatic carbocycles. The number of para-hydroxylation sites is 1. The summed E-state index contributed by atoms with van der Waals surface area (Å²) in [4.78, 5) is 30.5. The predicted molar refractivity (Wildman–Crippen MR) is 112 cm³/mol. The lowest BCUT2D eigenvalue weighted by Crippen LogP contribution is -2.40. The number of nitrogens with zero attached hydrogens (tertiary/aromatic N) is 2. The summed E-state index contributed by atoms with van der Waals surface area (Å²) in [6.45, 7) is 12.4. The van der Waals surface area contributed by atoms with E-state index >= 15 is 0 Å². The van der Waals surface area contributed by atoms with Crippen LogP contribution in [0.2, 0.25) is 0 Å². The molecule has 7 nitrogen and oxygen atoms in total. The highest BCUT2D eigenvalue weighted by molar-refractivity contribution is 5.91. The van der Waals surface area contributed by atoms with Gasteiger partial charge in [0.1, 0.15) is 6.26 Å². The summed E-state index contributed by atoms with van der Waals surface area (Å²) in [5.74, 6) is 0.236. The van der Waals surface area contributed by atoms with Crippen LogP contribution in [0.1, 0.15) is 80.9 Å². The van der Waals surface area contributed by atoms with E-state index in [0.29, 0.717) is 0 Å². The van der Waals surface area contributed by atoms with Crippen molar-refractivity contribution in [3.63, 3.8) is 0 Å². The number of amides is 2. The van der Waals surface area contributed by atoms with Crippen LogP contribution >= 0.6 is 0 Å². The molecule has 0 radical (unpaired) electrons. The fraction of sp³-hybridized carbons (Fsp3) is 0.500. The maximum absolute atomic E-state index is 13.2. The minimum Gasteiger partial charge on any atom is -0.464 e. The average molecular weight is 402 g/mol. The monoisotopic (exact) mass is 401 g/mol. The van der Waals surface area contributed by atoms with Gasteiger partial charge in [0.25, 0.3) is 0 Å². The standard InChI is InChI=1S/C22H31N3O4/c1-13(2)16-9-8-10-17(14(3)4)20(16)24-22(27)25(15(5)6)11-19-23-18(12-29-19)21(26)28-7/h8-10,12-15H,11H2,1-7H3,(H,24,27). The minimum absolute atomic E-state index is 0.0823. The zero-order valence-electron chi connectivity index (χ0n) is 18.3. The van der Waals surface area contributed by atoms with E-state index in [9.17, 15) is 9.59 Å². The third-order valence-electron chi connectivity index (χ3n) is 4.74. The highest BCUT2D eigenvalue weighted by atomic mass is 16.5. The van der Waals surface area contributed by atoms with Crippen molar-refractivity contribution in [1.82, 2.24) is 9.88 Å². The Hall–Kier alpha value is -2.83. The summed E-state index contributed by atoms with van der Waals surface area (Å²) in [6, 6.07) is 5.78. The molecule has 0 saturated heterocycles. The normalized spacial score (nSPS) is 11.2.